The van der Waals surface area contributed by atoms with Crippen LogP contribution in [0, 0.1) is 0 Å². The summed E-state index contributed by atoms with van der Waals surface area (Å²) in [4.78, 5) is 0. The molecule has 0 atom stereocenters. The van der Waals surface area contributed by atoms with Crippen molar-refractivity contribution in [3.05, 3.63) is 119 Å². The van der Waals surface area contributed by atoms with Crippen LogP contribution < -0.4 is 0 Å². The van der Waals surface area contributed by atoms with Gasteiger partial charge in [-0.15, -0.1) is 0 Å². The number of hydrogen-bond acceptors (Lipinski definition) is 2. The summed E-state index contributed by atoms with van der Waals surface area (Å²) >= 11 is 0. The van der Waals surface area contributed by atoms with Crippen LogP contribution in [0.1, 0.15) is 34.7 Å². The zero-order valence-corrected chi connectivity index (χ0v) is 16.3. The highest BCUT2D eigenvalue weighted by atomic mass is 16.3. The van der Waals surface area contributed by atoms with Crippen LogP contribution in [0.2, 0.25) is 0 Å². The molecule has 4 aromatic carbocycles. The molecule has 0 spiro atoms. The van der Waals surface area contributed by atoms with Crippen molar-refractivity contribution in [2.45, 2.75) is 18.8 Å². The van der Waals surface area contributed by atoms with E-state index < -0.39 is 5.41 Å². The zero-order valence-electron chi connectivity index (χ0n) is 16.3. The lowest BCUT2D eigenvalue weighted by Gasteiger charge is -2.34. The number of phenols is 2. The van der Waals surface area contributed by atoms with Crippen LogP contribution in [0.4, 0.5) is 0 Å². The lowest BCUT2D eigenvalue weighted by molar-refractivity contribution is 0.468. The molecule has 2 nitrogen and oxygen atoms in total. The van der Waals surface area contributed by atoms with E-state index in [2.05, 4.69) is 61.5 Å². The molecule has 4 aromatic rings. The van der Waals surface area contributed by atoms with Gasteiger partial charge in [0.25, 0.3) is 0 Å². The van der Waals surface area contributed by atoms with Crippen molar-refractivity contribution in [1.29, 1.82) is 0 Å². The molecule has 2 heteroatoms. The summed E-state index contributed by atoms with van der Waals surface area (Å²) in [5.74, 6) is 0.583. The lowest BCUT2D eigenvalue weighted by atomic mass is 9.67. The van der Waals surface area contributed by atoms with Crippen molar-refractivity contribution in [3.63, 3.8) is 0 Å². The Kier molecular flexibility index (Phi) is 3.95. The molecule has 0 fully saturated rings. The van der Waals surface area contributed by atoms with Crippen molar-refractivity contribution in [2.24, 2.45) is 0 Å². The highest BCUT2D eigenvalue weighted by Gasteiger charge is 2.45. The van der Waals surface area contributed by atoms with Crippen molar-refractivity contribution >= 4 is 0 Å². The molecule has 1 aliphatic carbocycles. The average molecular weight is 378 g/mol. The first-order valence-corrected chi connectivity index (χ1v) is 9.97. The number of benzene rings is 4. The van der Waals surface area contributed by atoms with E-state index in [1.807, 2.05) is 18.2 Å². The van der Waals surface area contributed by atoms with Crippen LogP contribution in [0.3, 0.4) is 0 Å². The van der Waals surface area contributed by atoms with Crippen molar-refractivity contribution < 1.29 is 10.2 Å². The third-order valence-electron chi connectivity index (χ3n) is 6.15. The minimum Gasteiger partial charge on any atom is -0.508 e. The molecule has 0 aliphatic heterocycles. The average Bonchev–Trinajstić information content (AvgIpc) is 3.06. The highest BCUT2D eigenvalue weighted by molar-refractivity contribution is 5.86. The topological polar surface area (TPSA) is 40.5 Å². The Hall–Kier alpha value is -3.52. The van der Waals surface area contributed by atoms with Crippen LogP contribution >= 0.6 is 0 Å². The van der Waals surface area contributed by atoms with Gasteiger partial charge in [-0.2, -0.15) is 0 Å². The van der Waals surface area contributed by atoms with Gasteiger partial charge in [0.2, 0.25) is 0 Å². The summed E-state index contributed by atoms with van der Waals surface area (Å²) in [5.41, 5.74) is 7.54. The Morgan fingerprint density at radius 3 is 1.79 bits per heavy atom. The highest BCUT2D eigenvalue weighted by Crippen LogP contribution is 2.56. The maximum absolute atomic E-state index is 10.3. The molecule has 2 N–H and O–H groups in total. The van der Waals surface area contributed by atoms with Gasteiger partial charge >= 0.3 is 0 Å². The minimum atomic E-state index is -0.501. The van der Waals surface area contributed by atoms with E-state index in [0.717, 1.165) is 23.1 Å². The van der Waals surface area contributed by atoms with Gasteiger partial charge in [0.1, 0.15) is 11.5 Å². The summed E-state index contributed by atoms with van der Waals surface area (Å²) in [5, 5.41) is 20.3. The third-order valence-corrected chi connectivity index (χ3v) is 6.15. The second-order valence-electron chi connectivity index (χ2n) is 7.59. The molecule has 0 unspecified atom stereocenters. The molecule has 0 saturated carbocycles. The summed E-state index contributed by atoms with van der Waals surface area (Å²) in [7, 11) is 0. The van der Waals surface area contributed by atoms with E-state index in [4.69, 9.17) is 0 Å². The molecule has 29 heavy (non-hydrogen) atoms. The number of fused-ring (bicyclic) bond motifs is 3. The monoisotopic (exact) mass is 378 g/mol. The quantitative estimate of drug-likeness (QED) is 0.403. The largest absolute Gasteiger partial charge is 0.508 e. The molecule has 0 radical (unpaired) electrons. The normalized spacial score (nSPS) is 13.7. The number of aromatic hydroxyl groups is 2. The zero-order chi connectivity index (χ0) is 20.0. The van der Waals surface area contributed by atoms with Crippen LogP contribution in [0.15, 0.2) is 91.0 Å². The van der Waals surface area contributed by atoms with Gasteiger partial charge in [0.15, 0.2) is 0 Å². The fraction of sp³-hybridized carbons (Fsp3) is 0.111. The Balaban J connectivity index is 1.94. The van der Waals surface area contributed by atoms with Crippen molar-refractivity contribution in [2.75, 3.05) is 0 Å². The Morgan fingerprint density at radius 1 is 0.655 bits per heavy atom. The second kappa shape index (κ2) is 6.52. The molecule has 0 aromatic heterocycles. The summed E-state index contributed by atoms with van der Waals surface area (Å²) in [6.45, 7) is 2.06. The van der Waals surface area contributed by atoms with Gasteiger partial charge in [-0.25, -0.2) is 0 Å². The summed E-state index contributed by atoms with van der Waals surface area (Å²) in [6, 6.07) is 30.6. The van der Waals surface area contributed by atoms with Gasteiger partial charge in [-0.05, 0) is 63.6 Å². The molecular formula is C27H22O2. The summed E-state index contributed by atoms with van der Waals surface area (Å²) < 4.78 is 0. The molecule has 5 rings (SSSR count). The summed E-state index contributed by atoms with van der Waals surface area (Å²) in [6.07, 6.45) is 0.759. The molecule has 1 aliphatic rings. The maximum Gasteiger partial charge on any atom is 0.118 e. The van der Waals surface area contributed by atoms with E-state index in [9.17, 15) is 10.2 Å². The van der Waals surface area contributed by atoms with E-state index >= 15 is 0 Å². The number of aryl methyl sites for hydroxylation is 1. The predicted molar refractivity (Wildman–Crippen MR) is 116 cm³/mol. The first-order valence-electron chi connectivity index (χ1n) is 9.97. The van der Waals surface area contributed by atoms with Gasteiger partial charge in [-0.1, -0.05) is 79.7 Å². The number of phenolic OH excluding ortho intramolecular Hbond substituents is 2. The first kappa shape index (κ1) is 17.6. The molecule has 0 amide bonds. The van der Waals surface area contributed by atoms with Crippen LogP contribution in [-0.4, -0.2) is 10.2 Å². The van der Waals surface area contributed by atoms with Gasteiger partial charge in [0, 0.05) is 0 Å². The van der Waals surface area contributed by atoms with E-state index in [1.54, 1.807) is 18.2 Å². The lowest BCUT2D eigenvalue weighted by Crippen LogP contribution is -2.28. The molecule has 0 heterocycles. The van der Waals surface area contributed by atoms with Crippen molar-refractivity contribution in [1.82, 2.24) is 0 Å². The number of rotatable bonds is 3. The van der Waals surface area contributed by atoms with Crippen LogP contribution in [0.5, 0.6) is 11.5 Å². The number of hydrogen-bond donors (Lipinski definition) is 2. The third kappa shape index (κ3) is 2.42. The second-order valence-corrected chi connectivity index (χ2v) is 7.59. The van der Waals surface area contributed by atoms with E-state index in [-0.39, 0.29) is 5.75 Å². The standard InChI is InChI=1S/C27H22O2/c1-2-18-17-20(13-16-26(18)29)27(19-11-14-21(28)15-12-19)24-9-5-3-7-22(24)23-8-4-6-10-25(23)27/h3-17,28-29H,2H2,1H3. The molecular weight excluding hydrogens is 356 g/mol. The fourth-order valence-corrected chi connectivity index (χ4v) is 4.84. The predicted octanol–water partition coefficient (Wildman–Crippen LogP) is 6.02. The van der Waals surface area contributed by atoms with Crippen LogP contribution in [-0.2, 0) is 11.8 Å². The minimum absolute atomic E-state index is 0.253. The molecule has 0 bridgehead atoms. The molecule has 0 saturated heterocycles. The Labute approximate surface area is 170 Å². The smallest absolute Gasteiger partial charge is 0.118 e. The first-order chi connectivity index (χ1) is 14.2. The van der Waals surface area contributed by atoms with Gasteiger partial charge < -0.3 is 10.2 Å². The van der Waals surface area contributed by atoms with Gasteiger partial charge in [0.05, 0.1) is 5.41 Å². The maximum atomic E-state index is 10.3. The van der Waals surface area contributed by atoms with E-state index in [0.29, 0.717) is 5.75 Å². The van der Waals surface area contributed by atoms with Crippen LogP contribution in [0.25, 0.3) is 11.1 Å². The molecule has 142 valence electrons. The van der Waals surface area contributed by atoms with Gasteiger partial charge in [-0.3, -0.25) is 0 Å². The van der Waals surface area contributed by atoms with E-state index in [1.165, 1.54) is 22.3 Å². The SMILES string of the molecule is CCc1cc(C2(c3ccc(O)cc3)c3ccccc3-c3ccccc32)ccc1O. The van der Waals surface area contributed by atoms with Crippen molar-refractivity contribution in [3.8, 4) is 22.6 Å². The Bertz CT molecular complexity index is 1160. The fourth-order valence-electron chi connectivity index (χ4n) is 4.84. The Morgan fingerprint density at radius 2 is 1.21 bits per heavy atom.